The third-order valence-electron chi connectivity index (χ3n) is 1.90. The number of carbonyl (C=O) groups is 2. The first-order chi connectivity index (χ1) is 7.13. The van der Waals surface area contributed by atoms with Crippen molar-refractivity contribution in [2.45, 2.75) is 12.5 Å². The van der Waals surface area contributed by atoms with Gasteiger partial charge in [-0.25, -0.2) is 0 Å². The molecule has 0 fully saturated rings. The molecule has 4 nitrogen and oxygen atoms in total. The zero-order chi connectivity index (χ0) is 11.3. The van der Waals surface area contributed by atoms with E-state index in [4.69, 9.17) is 5.11 Å². The minimum atomic E-state index is -0.950. The fraction of sp³-hybridized carbons (Fsp3) is 0.200. The SMILES string of the molecule is O=CN[C@H](CC(=O)O)c1cccc(Br)c1. The van der Waals surface area contributed by atoms with Crippen molar-refractivity contribution < 1.29 is 14.7 Å². The molecule has 1 rings (SSSR count). The van der Waals surface area contributed by atoms with Crippen molar-refractivity contribution in [3.05, 3.63) is 34.3 Å². The Morgan fingerprint density at radius 2 is 2.33 bits per heavy atom. The van der Waals surface area contributed by atoms with Gasteiger partial charge in [-0.05, 0) is 17.7 Å². The summed E-state index contributed by atoms with van der Waals surface area (Å²) in [6.07, 6.45) is 0.379. The van der Waals surface area contributed by atoms with E-state index in [1.165, 1.54) is 0 Å². The Hall–Kier alpha value is -1.36. The number of halogens is 1. The Morgan fingerprint density at radius 1 is 1.60 bits per heavy atom. The standard InChI is InChI=1S/C10H10BrNO3/c11-8-3-1-2-7(4-8)9(12-6-13)5-10(14)15/h1-4,6,9H,5H2,(H,12,13)(H,14,15)/t9-/m1/s1. The molecule has 0 aliphatic heterocycles. The Labute approximate surface area is 95.4 Å². The largest absolute Gasteiger partial charge is 0.481 e. The molecule has 1 atom stereocenters. The highest BCUT2D eigenvalue weighted by atomic mass is 79.9. The van der Waals surface area contributed by atoms with E-state index in [1.54, 1.807) is 18.2 Å². The van der Waals surface area contributed by atoms with Crippen LogP contribution in [0.3, 0.4) is 0 Å². The van der Waals surface area contributed by atoms with Crippen LogP contribution in [-0.2, 0) is 9.59 Å². The average Bonchev–Trinajstić information content (AvgIpc) is 2.16. The minimum Gasteiger partial charge on any atom is -0.481 e. The Balaban J connectivity index is 2.87. The van der Waals surface area contributed by atoms with Crippen molar-refractivity contribution in [3.63, 3.8) is 0 Å². The first kappa shape index (κ1) is 11.7. The van der Waals surface area contributed by atoms with Crippen LogP contribution in [0.25, 0.3) is 0 Å². The maximum atomic E-state index is 10.6. The van der Waals surface area contributed by atoms with Gasteiger partial charge in [0.1, 0.15) is 0 Å². The van der Waals surface area contributed by atoms with Gasteiger partial charge in [-0.3, -0.25) is 9.59 Å². The third kappa shape index (κ3) is 3.71. The van der Waals surface area contributed by atoms with Crippen LogP contribution in [0, 0.1) is 0 Å². The van der Waals surface area contributed by atoms with E-state index in [9.17, 15) is 9.59 Å². The van der Waals surface area contributed by atoms with Crippen molar-refractivity contribution in [1.82, 2.24) is 5.32 Å². The van der Waals surface area contributed by atoms with E-state index in [-0.39, 0.29) is 6.42 Å². The maximum absolute atomic E-state index is 10.6. The number of hydrogen-bond acceptors (Lipinski definition) is 2. The van der Waals surface area contributed by atoms with Crippen LogP contribution in [0.2, 0.25) is 0 Å². The number of aliphatic carboxylic acids is 1. The highest BCUT2D eigenvalue weighted by molar-refractivity contribution is 9.10. The average molecular weight is 272 g/mol. The van der Waals surface area contributed by atoms with Gasteiger partial charge in [0.05, 0.1) is 12.5 Å². The lowest BCUT2D eigenvalue weighted by atomic mass is 10.0. The van der Waals surface area contributed by atoms with Crippen molar-refractivity contribution in [3.8, 4) is 0 Å². The molecule has 0 aromatic heterocycles. The molecule has 0 bridgehead atoms. The molecule has 0 aliphatic carbocycles. The number of hydrogen-bond donors (Lipinski definition) is 2. The number of carbonyl (C=O) groups excluding carboxylic acids is 1. The molecule has 0 radical (unpaired) electrons. The first-order valence-electron chi connectivity index (χ1n) is 4.30. The quantitative estimate of drug-likeness (QED) is 0.802. The monoisotopic (exact) mass is 271 g/mol. The molecule has 0 heterocycles. The lowest BCUT2D eigenvalue weighted by molar-refractivity contribution is -0.137. The number of nitrogens with one attached hydrogen (secondary N) is 1. The second-order valence-corrected chi connectivity index (χ2v) is 3.91. The molecule has 1 aromatic rings. The molecule has 5 heteroatoms. The summed E-state index contributed by atoms with van der Waals surface area (Å²) in [5.41, 5.74) is 0.763. The fourth-order valence-electron chi connectivity index (χ4n) is 1.25. The number of amides is 1. The predicted molar refractivity (Wildman–Crippen MR) is 58.3 cm³/mol. The highest BCUT2D eigenvalue weighted by Gasteiger charge is 2.14. The van der Waals surface area contributed by atoms with E-state index >= 15 is 0 Å². The highest BCUT2D eigenvalue weighted by Crippen LogP contribution is 2.20. The van der Waals surface area contributed by atoms with Gasteiger partial charge in [0.2, 0.25) is 6.41 Å². The van der Waals surface area contributed by atoms with Crippen LogP contribution in [0.15, 0.2) is 28.7 Å². The molecular weight excluding hydrogens is 262 g/mol. The van der Waals surface area contributed by atoms with Crippen molar-refractivity contribution in [2.75, 3.05) is 0 Å². The van der Waals surface area contributed by atoms with Crippen molar-refractivity contribution in [2.24, 2.45) is 0 Å². The normalized spacial score (nSPS) is 11.8. The van der Waals surface area contributed by atoms with E-state index in [0.717, 1.165) is 10.0 Å². The van der Waals surface area contributed by atoms with Gasteiger partial charge in [0.15, 0.2) is 0 Å². The summed E-state index contributed by atoms with van der Waals surface area (Å²) in [7, 11) is 0. The molecule has 15 heavy (non-hydrogen) atoms. The minimum absolute atomic E-state index is 0.130. The smallest absolute Gasteiger partial charge is 0.305 e. The van der Waals surface area contributed by atoms with Gasteiger partial charge in [-0.1, -0.05) is 28.1 Å². The second kappa shape index (κ2) is 5.50. The van der Waals surface area contributed by atoms with E-state index in [1.807, 2.05) is 6.07 Å². The van der Waals surface area contributed by atoms with Crippen molar-refractivity contribution in [1.29, 1.82) is 0 Å². The van der Waals surface area contributed by atoms with Gasteiger partial charge in [0, 0.05) is 4.47 Å². The van der Waals surface area contributed by atoms with Crippen LogP contribution < -0.4 is 5.32 Å². The van der Waals surface area contributed by atoms with Crippen molar-refractivity contribution >= 4 is 28.3 Å². The second-order valence-electron chi connectivity index (χ2n) is 2.99. The van der Waals surface area contributed by atoms with Gasteiger partial charge >= 0.3 is 5.97 Å². The summed E-state index contributed by atoms with van der Waals surface area (Å²) in [6, 6.07) is 6.69. The number of carboxylic acids is 1. The van der Waals surface area contributed by atoms with Crippen LogP contribution in [0.1, 0.15) is 18.0 Å². The lowest BCUT2D eigenvalue weighted by Gasteiger charge is -2.14. The molecule has 0 unspecified atom stereocenters. The van der Waals surface area contributed by atoms with Gasteiger partial charge in [0.25, 0.3) is 0 Å². The summed E-state index contributed by atoms with van der Waals surface area (Å²) < 4.78 is 0.850. The summed E-state index contributed by atoms with van der Waals surface area (Å²) in [5, 5.41) is 11.1. The maximum Gasteiger partial charge on any atom is 0.305 e. The summed E-state index contributed by atoms with van der Waals surface area (Å²) in [6.45, 7) is 0. The zero-order valence-electron chi connectivity index (χ0n) is 7.81. The summed E-state index contributed by atoms with van der Waals surface area (Å²) in [4.78, 5) is 20.9. The number of rotatable bonds is 5. The molecule has 80 valence electrons. The fourth-order valence-corrected chi connectivity index (χ4v) is 1.67. The zero-order valence-corrected chi connectivity index (χ0v) is 9.40. The predicted octanol–water partition coefficient (Wildman–Crippen LogP) is 1.71. The third-order valence-corrected chi connectivity index (χ3v) is 2.39. The van der Waals surface area contributed by atoms with Gasteiger partial charge in [-0.2, -0.15) is 0 Å². The van der Waals surface area contributed by atoms with Gasteiger partial charge < -0.3 is 10.4 Å². The molecule has 0 aliphatic rings. The van der Waals surface area contributed by atoms with E-state index in [2.05, 4.69) is 21.2 Å². The molecule has 0 spiro atoms. The van der Waals surface area contributed by atoms with Gasteiger partial charge in [-0.15, -0.1) is 0 Å². The van der Waals surface area contributed by atoms with E-state index in [0.29, 0.717) is 6.41 Å². The summed E-state index contributed by atoms with van der Waals surface area (Å²) in [5.74, 6) is -0.950. The lowest BCUT2D eigenvalue weighted by Crippen LogP contribution is -2.22. The van der Waals surface area contributed by atoms with Crippen LogP contribution in [0.5, 0.6) is 0 Å². The number of benzene rings is 1. The molecule has 0 saturated carbocycles. The van der Waals surface area contributed by atoms with E-state index < -0.39 is 12.0 Å². The molecule has 2 N–H and O–H groups in total. The first-order valence-corrected chi connectivity index (χ1v) is 5.09. The van der Waals surface area contributed by atoms with Crippen LogP contribution in [0.4, 0.5) is 0 Å². The molecule has 1 amide bonds. The Morgan fingerprint density at radius 3 is 2.87 bits per heavy atom. The number of carboxylic acid groups (broad SMARTS) is 1. The Kier molecular flexibility index (Phi) is 4.30. The van der Waals surface area contributed by atoms with Crippen LogP contribution >= 0.6 is 15.9 Å². The Bertz CT molecular complexity index is 367. The molecular formula is C10H10BrNO3. The van der Waals surface area contributed by atoms with Crippen LogP contribution in [-0.4, -0.2) is 17.5 Å². The summed E-state index contributed by atoms with van der Waals surface area (Å²) >= 11 is 3.28. The molecule has 1 aromatic carbocycles. The topological polar surface area (TPSA) is 66.4 Å². The molecule has 0 saturated heterocycles.